The molecule has 0 radical (unpaired) electrons. The predicted octanol–water partition coefficient (Wildman–Crippen LogP) is 3.06. The Labute approximate surface area is 175 Å². The van der Waals surface area contributed by atoms with Crippen LogP contribution in [0.3, 0.4) is 0 Å². The van der Waals surface area contributed by atoms with Crippen LogP contribution >= 0.6 is 0 Å². The van der Waals surface area contributed by atoms with E-state index >= 15 is 0 Å². The predicted molar refractivity (Wildman–Crippen MR) is 112 cm³/mol. The molecule has 156 valence electrons. The van der Waals surface area contributed by atoms with Crippen LogP contribution in [0.5, 0.6) is 5.75 Å². The molecule has 2 aromatic rings. The number of esters is 1. The SMILES string of the molecule is COC(=O)c1cc(CNC(=O)CC2c3ccccc3C=CN2C(C)=O)ccc1OC. The van der Waals surface area contributed by atoms with Crippen molar-refractivity contribution >= 4 is 23.9 Å². The minimum absolute atomic E-state index is 0.126. The van der Waals surface area contributed by atoms with Gasteiger partial charge in [-0.3, -0.25) is 9.59 Å². The van der Waals surface area contributed by atoms with Gasteiger partial charge < -0.3 is 19.7 Å². The molecule has 0 spiro atoms. The number of methoxy groups -OCH3 is 2. The maximum absolute atomic E-state index is 12.7. The average molecular weight is 408 g/mol. The highest BCUT2D eigenvalue weighted by Crippen LogP contribution is 2.32. The van der Waals surface area contributed by atoms with E-state index in [4.69, 9.17) is 9.47 Å². The molecule has 1 atom stereocenters. The molecule has 1 aliphatic rings. The lowest BCUT2D eigenvalue weighted by atomic mass is 9.93. The molecule has 1 unspecified atom stereocenters. The van der Waals surface area contributed by atoms with Crippen molar-refractivity contribution in [2.24, 2.45) is 0 Å². The van der Waals surface area contributed by atoms with Crippen LogP contribution in [0.2, 0.25) is 0 Å². The van der Waals surface area contributed by atoms with Crippen LogP contribution in [-0.2, 0) is 20.9 Å². The zero-order chi connectivity index (χ0) is 21.7. The summed E-state index contributed by atoms with van der Waals surface area (Å²) in [6.07, 6.45) is 3.71. The Morgan fingerprint density at radius 1 is 1.10 bits per heavy atom. The monoisotopic (exact) mass is 408 g/mol. The maximum atomic E-state index is 12.7. The molecular weight excluding hydrogens is 384 g/mol. The summed E-state index contributed by atoms with van der Waals surface area (Å²) in [6, 6.07) is 12.4. The van der Waals surface area contributed by atoms with Gasteiger partial charge in [0.2, 0.25) is 11.8 Å². The highest BCUT2D eigenvalue weighted by atomic mass is 16.5. The van der Waals surface area contributed by atoms with Crippen molar-refractivity contribution in [3.63, 3.8) is 0 Å². The van der Waals surface area contributed by atoms with Crippen LogP contribution in [-0.4, -0.2) is 36.9 Å². The minimum Gasteiger partial charge on any atom is -0.496 e. The van der Waals surface area contributed by atoms with Crippen molar-refractivity contribution in [3.05, 3.63) is 70.9 Å². The first-order chi connectivity index (χ1) is 14.4. The van der Waals surface area contributed by atoms with Crippen LogP contribution < -0.4 is 10.1 Å². The molecular formula is C23H24N2O5. The number of carbonyl (C=O) groups excluding carboxylic acids is 3. The van der Waals surface area contributed by atoms with E-state index in [2.05, 4.69) is 5.32 Å². The summed E-state index contributed by atoms with van der Waals surface area (Å²) in [5, 5.41) is 2.86. The lowest BCUT2D eigenvalue weighted by Crippen LogP contribution is -2.35. The van der Waals surface area contributed by atoms with Gasteiger partial charge in [-0.1, -0.05) is 30.3 Å². The van der Waals surface area contributed by atoms with Gasteiger partial charge in [0, 0.05) is 19.7 Å². The van der Waals surface area contributed by atoms with Crippen molar-refractivity contribution in [2.75, 3.05) is 14.2 Å². The Kier molecular flexibility index (Phi) is 6.51. The van der Waals surface area contributed by atoms with Crippen molar-refractivity contribution in [1.82, 2.24) is 10.2 Å². The number of carbonyl (C=O) groups is 3. The van der Waals surface area contributed by atoms with E-state index in [0.29, 0.717) is 11.3 Å². The molecule has 0 aliphatic carbocycles. The Hall–Kier alpha value is -3.61. The molecule has 0 saturated carbocycles. The highest BCUT2D eigenvalue weighted by molar-refractivity contribution is 5.92. The van der Waals surface area contributed by atoms with Gasteiger partial charge in [-0.25, -0.2) is 4.79 Å². The first-order valence-corrected chi connectivity index (χ1v) is 9.52. The molecule has 0 fully saturated rings. The van der Waals surface area contributed by atoms with Crippen LogP contribution in [0.4, 0.5) is 0 Å². The average Bonchev–Trinajstić information content (AvgIpc) is 2.76. The summed E-state index contributed by atoms with van der Waals surface area (Å²) in [5.74, 6) is -0.439. The molecule has 0 saturated heterocycles. The van der Waals surface area contributed by atoms with E-state index in [9.17, 15) is 14.4 Å². The number of nitrogens with one attached hydrogen (secondary N) is 1. The largest absolute Gasteiger partial charge is 0.496 e. The van der Waals surface area contributed by atoms with Gasteiger partial charge in [0.05, 0.1) is 26.7 Å². The lowest BCUT2D eigenvalue weighted by Gasteiger charge is -2.32. The van der Waals surface area contributed by atoms with Gasteiger partial charge in [0.1, 0.15) is 11.3 Å². The second-order valence-electron chi connectivity index (χ2n) is 6.89. The zero-order valence-corrected chi connectivity index (χ0v) is 17.2. The minimum atomic E-state index is -0.511. The lowest BCUT2D eigenvalue weighted by molar-refractivity contribution is -0.130. The Morgan fingerprint density at radius 2 is 1.87 bits per heavy atom. The number of ether oxygens (including phenoxy) is 2. The molecule has 0 bridgehead atoms. The maximum Gasteiger partial charge on any atom is 0.341 e. The first kappa shape index (κ1) is 21.1. The molecule has 1 N–H and O–H groups in total. The summed E-state index contributed by atoms with van der Waals surface area (Å²) < 4.78 is 9.96. The quantitative estimate of drug-likeness (QED) is 0.743. The van der Waals surface area contributed by atoms with Gasteiger partial charge in [-0.05, 0) is 34.9 Å². The molecule has 30 heavy (non-hydrogen) atoms. The summed E-state index contributed by atoms with van der Waals surface area (Å²) in [7, 11) is 2.77. The number of amides is 2. The summed E-state index contributed by atoms with van der Waals surface area (Å²) in [6.45, 7) is 1.71. The number of nitrogens with zero attached hydrogens (tertiary/aromatic N) is 1. The fourth-order valence-corrected chi connectivity index (χ4v) is 3.50. The number of hydrogen-bond donors (Lipinski definition) is 1. The third kappa shape index (κ3) is 4.51. The van der Waals surface area contributed by atoms with Crippen LogP contribution in [0.1, 0.15) is 46.4 Å². The molecule has 2 aromatic carbocycles. The first-order valence-electron chi connectivity index (χ1n) is 9.52. The molecule has 1 aliphatic heterocycles. The molecule has 1 heterocycles. The number of hydrogen-bond acceptors (Lipinski definition) is 5. The van der Waals surface area contributed by atoms with E-state index in [1.165, 1.54) is 21.1 Å². The standard InChI is InChI=1S/C23H24N2O5/c1-15(26)25-11-10-17-6-4-5-7-18(17)20(25)13-22(27)24-14-16-8-9-21(29-2)19(12-16)23(28)30-3/h4-12,20H,13-14H2,1-3H3,(H,24,27). The Bertz CT molecular complexity index is 999. The fourth-order valence-electron chi connectivity index (χ4n) is 3.50. The molecule has 7 heteroatoms. The zero-order valence-electron chi connectivity index (χ0n) is 17.2. The number of rotatable bonds is 6. The normalized spacial score (nSPS) is 14.6. The van der Waals surface area contributed by atoms with Gasteiger partial charge >= 0.3 is 5.97 Å². The smallest absolute Gasteiger partial charge is 0.341 e. The highest BCUT2D eigenvalue weighted by Gasteiger charge is 2.28. The van der Waals surface area contributed by atoms with Crippen LogP contribution in [0, 0.1) is 0 Å². The van der Waals surface area contributed by atoms with E-state index in [1.54, 1.807) is 29.3 Å². The second kappa shape index (κ2) is 9.26. The Morgan fingerprint density at radius 3 is 2.57 bits per heavy atom. The molecule has 3 rings (SSSR count). The summed E-state index contributed by atoms with van der Waals surface area (Å²) >= 11 is 0. The van der Waals surface area contributed by atoms with Gasteiger partial charge in [-0.2, -0.15) is 0 Å². The topological polar surface area (TPSA) is 84.9 Å². The summed E-state index contributed by atoms with van der Waals surface area (Å²) in [5.41, 5.74) is 2.95. The number of fused-ring (bicyclic) bond motifs is 1. The van der Waals surface area contributed by atoms with Gasteiger partial charge in [0.25, 0.3) is 0 Å². The van der Waals surface area contributed by atoms with Crippen LogP contribution in [0.25, 0.3) is 6.08 Å². The van der Waals surface area contributed by atoms with Crippen molar-refractivity contribution in [3.8, 4) is 5.75 Å². The van der Waals surface area contributed by atoms with Crippen molar-refractivity contribution in [2.45, 2.75) is 25.9 Å². The van der Waals surface area contributed by atoms with E-state index in [-0.39, 0.29) is 30.8 Å². The third-order valence-corrected chi connectivity index (χ3v) is 5.01. The second-order valence-corrected chi connectivity index (χ2v) is 6.89. The molecule has 7 nitrogen and oxygen atoms in total. The van der Waals surface area contributed by atoms with Gasteiger partial charge in [0.15, 0.2) is 0 Å². The van der Waals surface area contributed by atoms with E-state index in [1.807, 2.05) is 30.3 Å². The third-order valence-electron chi connectivity index (χ3n) is 5.01. The Balaban J connectivity index is 1.72. The van der Waals surface area contributed by atoms with Gasteiger partial charge in [-0.15, -0.1) is 0 Å². The van der Waals surface area contributed by atoms with Crippen LogP contribution in [0.15, 0.2) is 48.7 Å². The number of benzene rings is 2. The fraction of sp³-hybridized carbons (Fsp3) is 0.261. The molecule has 0 aromatic heterocycles. The van der Waals surface area contributed by atoms with Crippen molar-refractivity contribution in [1.29, 1.82) is 0 Å². The summed E-state index contributed by atoms with van der Waals surface area (Å²) in [4.78, 5) is 38.2. The van der Waals surface area contributed by atoms with E-state index in [0.717, 1.165) is 16.7 Å². The van der Waals surface area contributed by atoms with E-state index < -0.39 is 5.97 Å². The molecule has 2 amide bonds. The van der Waals surface area contributed by atoms with Crippen molar-refractivity contribution < 1.29 is 23.9 Å².